The van der Waals surface area contributed by atoms with Crippen molar-refractivity contribution >= 4 is 11.4 Å². The van der Waals surface area contributed by atoms with Crippen LogP contribution in [0.5, 0.6) is 5.75 Å². The van der Waals surface area contributed by atoms with Crippen molar-refractivity contribution in [3.05, 3.63) is 42.0 Å². The highest BCUT2D eigenvalue weighted by Gasteiger charge is 2.14. The van der Waals surface area contributed by atoms with Gasteiger partial charge in [0, 0.05) is 17.8 Å². The largest absolute Gasteiger partial charge is 0.497 e. The molecule has 21 heavy (non-hydrogen) atoms. The third kappa shape index (κ3) is 3.45. The Labute approximate surface area is 123 Å². The van der Waals surface area contributed by atoms with Crippen molar-refractivity contribution < 1.29 is 14.9 Å². The number of anilines is 2. The van der Waals surface area contributed by atoms with Gasteiger partial charge in [0.1, 0.15) is 5.75 Å². The number of aliphatic hydroxyl groups excluding tert-OH is 2. The maximum absolute atomic E-state index is 9.72. The first kappa shape index (κ1) is 15.2. The summed E-state index contributed by atoms with van der Waals surface area (Å²) in [5.74, 6) is 0.724. The van der Waals surface area contributed by atoms with Crippen LogP contribution >= 0.6 is 0 Å². The lowest BCUT2D eigenvalue weighted by atomic mass is 9.93. The summed E-state index contributed by atoms with van der Waals surface area (Å²) in [6.07, 6.45) is -0.602. The van der Waals surface area contributed by atoms with E-state index in [2.05, 4.69) is 0 Å². The van der Waals surface area contributed by atoms with Gasteiger partial charge >= 0.3 is 0 Å². The zero-order valence-electron chi connectivity index (χ0n) is 11.9. The van der Waals surface area contributed by atoms with Crippen LogP contribution in [0.25, 0.3) is 11.1 Å². The van der Waals surface area contributed by atoms with Gasteiger partial charge in [-0.25, -0.2) is 0 Å². The summed E-state index contributed by atoms with van der Waals surface area (Å²) in [5, 5.41) is 18.8. The Morgan fingerprint density at radius 3 is 2.62 bits per heavy atom. The van der Waals surface area contributed by atoms with Crippen LogP contribution < -0.4 is 16.2 Å². The zero-order chi connectivity index (χ0) is 15.4. The van der Waals surface area contributed by atoms with Crippen LogP contribution in [0.2, 0.25) is 0 Å². The van der Waals surface area contributed by atoms with Crippen LogP contribution in [0.15, 0.2) is 36.4 Å². The second kappa shape index (κ2) is 6.47. The summed E-state index contributed by atoms with van der Waals surface area (Å²) in [4.78, 5) is 0. The number of benzene rings is 2. The molecule has 2 aromatic carbocycles. The fourth-order valence-corrected chi connectivity index (χ4v) is 2.29. The molecule has 0 heterocycles. The fourth-order valence-electron chi connectivity index (χ4n) is 2.29. The first-order chi connectivity index (χ1) is 10.0. The fraction of sp³-hybridized carbons (Fsp3) is 0.250. The topological polar surface area (TPSA) is 102 Å². The molecule has 0 amide bonds. The Kier molecular flexibility index (Phi) is 4.67. The number of aliphatic hydroxyl groups is 2. The lowest BCUT2D eigenvalue weighted by molar-refractivity contribution is 0.0957. The van der Waals surface area contributed by atoms with Crippen LogP contribution in [0.4, 0.5) is 11.4 Å². The minimum absolute atomic E-state index is 0.259. The van der Waals surface area contributed by atoms with E-state index in [9.17, 15) is 5.11 Å². The summed E-state index contributed by atoms with van der Waals surface area (Å²) >= 11 is 0. The summed E-state index contributed by atoms with van der Waals surface area (Å²) in [5.41, 5.74) is 15.4. The van der Waals surface area contributed by atoms with Gasteiger partial charge in [-0.05, 0) is 41.0 Å². The van der Waals surface area contributed by atoms with E-state index in [4.69, 9.17) is 21.3 Å². The molecule has 0 fully saturated rings. The van der Waals surface area contributed by atoms with Crippen molar-refractivity contribution in [1.82, 2.24) is 0 Å². The van der Waals surface area contributed by atoms with Crippen LogP contribution in [0.1, 0.15) is 5.56 Å². The molecular formula is C16H20N2O3. The van der Waals surface area contributed by atoms with Gasteiger partial charge in [-0.3, -0.25) is 0 Å². The predicted octanol–water partition coefficient (Wildman–Crippen LogP) is 1.42. The van der Waals surface area contributed by atoms with Gasteiger partial charge in [-0.15, -0.1) is 0 Å². The average Bonchev–Trinajstić information content (AvgIpc) is 2.49. The van der Waals surface area contributed by atoms with Crippen LogP contribution in [0, 0.1) is 0 Å². The van der Waals surface area contributed by atoms with E-state index in [1.165, 1.54) is 0 Å². The van der Waals surface area contributed by atoms with Crippen molar-refractivity contribution in [2.75, 3.05) is 25.2 Å². The lowest BCUT2D eigenvalue weighted by Gasteiger charge is -2.16. The lowest BCUT2D eigenvalue weighted by Crippen LogP contribution is -2.17. The summed E-state index contributed by atoms with van der Waals surface area (Å²) in [6, 6.07) is 11.0. The third-order valence-electron chi connectivity index (χ3n) is 3.34. The van der Waals surface area contributed by atoms with E-state index < -0.39 is 6.10 Å². The Hall–Kier alpha value is -2.24. The molecule has 0 bridgehead atoms. The summed E-state index contributed by atoms with van der Waals surface area (Å²) < 4.78 is 5.23. The minimum atomic E-state index is -0.861. The Morgan fingerprint density at radius 1 is 1.19 bits per heavy atom. The van der Waals surface area contributed by atoms with Crippen molar-refractivity contribution in [3.8, 4) is 16.9 Å². The molecule has 0 spiro atoms. The highest BCUT2D eigenvalue weighted by molar-refractivity contribution is 5.78. The van der Waals surface area contributed by atoms with Gasteiger partial charge in [-0.1, -0.05) is 12.1 Å². The normalized spacial score (nSPS) is 12.1. The molecule has 0 aliphatic carbocycles. The number of nitrogen functional groups attached to an aromatic ring is 2. The van der Waals surface area contributed by atoms with E-state index in [-0.39, 0.29) is 13.0 Å². The first-order valence-electron chi connectivity index (χ1n) is 6.66. The number of rotatable bonds is 5. The summed E-state index contributed by atoms with van der Waals surface area (Å²) in [6.45, 7) is -0.318. The van der Waals surface area contributed by atoms with Crippen molar-refractivity contribution in [2.24, 2.45) is 0 Å². The molecule has 0 aliphatic rings. The van der Waals surface area contributed by atoms with Crippen molar-refractivity contribution in [3.63, 3.8) is 0 Å². The van der Waals surface area contributed by atoms with E-state index in [1.807, 2.05) is 30.3 Å². The van der Waals surface area contributed by atoms with E-state index in [0.717, 1.165) is 22.4 Å². The molecule has 0 saturated carbocycles. The molecule has 1 unspecified atom stereocenters. The molecule has 0 saturated heterocycles. The molecule has 2 aromatic rings. The molecular weight excluding hydrogens is 268 g/mol. The van der Waals surface area contributed by atoms with Crippen LogP contribution in [-0.2, 0) is 6.42 Å². The molecule has 0 radical (unpaired) electrons. The van der Waals surface area contributed by atoms with Crippen molar-refractivity contribution in [2.45, 2.75) is 12.5 Å². The Bertz CT molecular complexity index is 629. The standard InChI is InChI=1S/C16H20N2O3/c1-21-13-4-2-3-10(5-13)14-6-11(17)7-16(18)15(14)8-12(20)9-19/h2-7,12,19-20H,8-9,17-18H2,1H3. The van der Waals surface area contributed by atoms with Gasteiger partial charge < -0.3 is 26.4 Å². The highest BCUT2D eigenvalue weighted by atomic mass is 16.5. The quantitative estimate of drug-likeness (QED) is 0.623. The number of nitrogens with two attached hydrogens (primary N) is 2. The van der Waals surface area contributed by atoms with Gasteiger partial charge in [0.2, 0.25) is 0 Å². The van der Waals surface area contributed by atoms with Gasteiger partial charge in [0.05, 0.1) is 19.8 Å². The summed E-state index contributed by atoms with van der Waals surface area (Å²) in [7, 11) is 1.60. The predicted molar refractivity (Wildman–Crippen MR) is 84.1 cm³/mol. The monoisotopic (exact) mass is 288 g/mol. The van der Waals surface area contributed by atoms with E-state index in [0.29, 0.717) is 11.4 Å². The highest BCUT2D eigenvalue weighted by Crippen LogP contribution is 2.33. The number of ether oxygens (including phenoxy) is 1. The first-order valence-corrected chi connectivity index (χ1v) is 6.66. The van der Waals surface area contributed by atoms with Gasteiger partial charge in [0.15, 0.2) is 0 Å². The molecule has 5 heteroatoms. The molecule has 112 valence electrons. The Balaban J connectivity index is 2.54. The second-order valence-electron chi connectivity index (χ2n) is 4.91. The zero-order valence-corrected chi connectivity index (χ0v) is 11.9. The number of hydrogen-bond donors (Lipinski definition) is 4. The number of hydrogen-bond acceptors (Lipinski definition) is 5. The minimum Gasteiger partial charge on any atom is -0.497 e. The van der Waals surface area contributed by atoms with Gasteiger partial charge in [0.25, 0.3) is 0 Å². The molecule has 2 rings (SSSR count). The number of methoxy groups -OCH3 is 1. The van der Waals surface area contributed by atoms with Crippen molar-refractivity contribution in [1.29, 1.82) is 0 Å². The third-order valence-corrected chi connectivity index (χ3v) is 3.34. The molecule has 0 aliphatic heterocycles. The molecule has 0 aromatic heterocycles. The smallest absolute Gasteiger partial charge is 0.119 e. The maximum Gasteiger partial charge on any atom is 0.119 e. The molecule has 5 nitrogen and oxygen atoms in total. The van der Waals surface area contributed by atoms with E-state index in [1.54, 1.807) is 13.2 Å². The molecule has 1 atom stereocenters. The second-order valence-corrected chi connectivity index (χ2v) is 4.91. The van der Waals surface area contributed by atoms with Crippen LogP contribution in [0.3, 0.4) is 0 Å². The maximum atomic E-state index is 9.72. The SMILES string of the molecule is COc1cccc(-c2cc(N)cc(N)c2CC(O)CO)c1. The Morgan fingerprint density at radius 2 is 1.95 bits per heavy atom. The van der Waals surface area contributed by atoms with Crippen LogP contribution in [-0.4, -0.2) is 30.0 Å². The van der Waals surface area contributed by atoms with E-state index >= 15 is 0 Å². The average molecular weight is 288 g/mol. The van der Waals surface area contributed by atoms with Gasteiger partial charge in [-0.2, -0.15) is 0 Å². The molecule has 6 N–H and O–H groups in total.